The first kappa shape index (κ1) is 19.2. The Morgan fingerprint density at radius 2 is 1.96 bits per heavy atom. The lowest BCUT2D eigenvalue weighted by Gasteiger charge is -2.17. The average Bonchev–Trinajstić information content (AvgIpc) is 3.21. The minimum Gasteiger partial charge on any atom is -0.349 e. The van der Waals surface area contributed by atoms with E-state index in [1.165, 1.54) is 49.6 Å². The van der Waals surface area contributed by atoms with Gasteiger partial charge in [0.05, 0.1) is 23.7 Å². The molecule has 0 aliphatic carbocycles. The predicted octanol–water partition coefficient (Wildman–Crippen LogP) is 1.54. The highest BCUT2D eigenvalue weighted by atomic mass is 32.2. The van der Waals surface area contributed by atoms with E-state index in [2.05, 4.69) is 10.3 Å². The summed E-state index contributed by atoms with van der Waals surface area (Å²) >= 11 is 1.49. The molecule has 0 saturated carbocycles. The Balaban J connectivity index is 1.60. The molecule has 142 valence electrons. The molecule has 2 heterocycles. The van der Waals surface area contributed by atoms with Crippen molar-refractivity contribution in [2.45, 2.75) is 18.4 Å². The number of likely N-dealkylation sites (N-methyl/N-ethyl adjacent to an activating group) is 1. The summed E-state index contributed by atoms with van der Waals surface area (Å²) < 4.78 is 27.9. The molecule has 27 heavy (non-hydrogen) atoms. The zero-order valence-electron chi connectivity index (χ0n) is 14.7. The van der Waals surface area contributed by atoms with E-state index >= 15 is 0 Å². The fourth-order valence-corrected chi connectivity index (χ4v) is 4.28. The number of imidazole rings is 1. The van der Waals surface area contributed by atoms with Crippen molar-refractivity contribution >= 4 is 38.0 Å². The first-order chi connectivity index (χ1) is 12.8. The number of hydrogen-bond donors (Lipinski definition) is 1. The van der Waals surface area contributed by atoms with Crippen LogP contribution < -0.4 is 5.32 Å². The third-order valence-electron chi connectivity index (χ3n) is 3.95. The van der Waals surface area contributed by atoms with E-state index in [1.807, 2.05) is 22.2 Å². The number of ketones is 1. The standard InChI is InChI=1S/C17H18N4O4S2/c1-12(22)13-3-5-15(6-4-13)27(24,25)20(2)11-16(23)18-9-14-10-21-7-8-26-17(21)19-14/h3-8,10H,9,11H2,1-2H3,(H,18,23). The molecule has 8 nitrogen and oxygen atoms in total. The summed E-state index contributed by atoms with van der Waals surface area (Å²) in [5, 5.41) is 4.58. The van der Waals surface area contributed by atoms with E-state index in [4.69, 9.17) is 0 Å². The Morgan fingerprint density at radius 3 is 2.59 bits per heavy atom. The van der Waals surface area contributed by atoms with Gasteiger partial charge in [-0.05, 0) is 19.1 Å². The number of nitrogens with zero attached hydrogens (tertiary/aromatic N) is 3. The summed E-state index contributed by atoms with van der Waals surface area (Å²) in [6.07, 6.45) is 3.68. The number of hydrogen-bond acceptors (Lipinski definition) is 6. The van der Waals surface area contributed by atoms with Gasteiger partial charge in [-0.15, -0.1) is 11.3 Å². The van der Waals surface area contributed by atoms with E-state index in [-0.39, 0.29) is 23.8 Å². The summed E-state index contributed by atoms with van der Waals surface area (Å²) in [6, 6.07) is 5.62. The molecule has 3 aromatic rings. The molecule has 3 rings (SSSR count). The predicted molar refractivity (Wildman–Crippen MR) is 101 cm³/mol. The van der Waals surface area contributed by atoms with Crippen LogP contribution in [0.4, 0.5) is 0 Å². The second kappa shape index (κ2) is 7.59. The van der Waals surface area contributed by atoms with E-state index in [0.29, 0.717) is 11.3 Å². The molecule has 0 aliphatic heterocycles. The Morgan fingerprint density at radius 1 is 1.26 bits per heavy atom. The lowest BCUT2D eigenvalue weighted by Crippen LogP contribution is -2.38. The SMILES string of the molecule is CC(=O)c1ccc(S(=O)(=O)N(C)CC(=O)NCc2cn3ccsc3n2)cc1. The van der Waals surface area contributed by atoms with Gasteiger partial charge < -0.3 is 5.32 Å². The van der Waals surface area contributed by atoms with Gasteiger partial charge in [0, 0.05) is 30.4 Å². The largest absolute Gasteiger partial charge is 0.349 e. The maximum Gasteiger partial charge on any atom is 0.243 e. The van der Waals surface area contributed by atoms with Crippen molar-refractivity contribution in [3.05, 3.63) is 53.3 Å². The Bertz CT molecular complexity index is 1060. The van der Waals surface area contributed by atoms with Gasteiger partial charge in [-0.2, -0.15) is 4.31 Å². The highest BCUT2D eigenvalue weighted by Crippen LogP contribution is 2.15. The van der Waals surface area contributed by atoms with Crippen LogP contribution in [0.5, 0.6) is 0 Å². The molecule has 0 aliphatic rings. The van der Waals surface area contributed by atoms with Crippen LogP contribution >= 0.6 is 11.3 Å². The highest BCUT2D eigenvalue weighted by molar-refractivity contribution is 7.89. The third-order valence-corrected chi connectivity index (χ3v) is 6.53. The van der Waals surface area contributed by atoms with Crippen LogP contribution in [0, 0.1) is 0 Å². The van der Waals surface area contributed by atoms with E-state index in [1.54, 1.807) is 0 Å². The second-order valence-electron chi connectivity index (χ2n) is 5.94. The second-order valence-corrected chi connectivity index (χ2v) is 8.86. The van der Waals surface area contributed by atoms with Gasteiger partial charge in [-0.25, -0.2) is 13.4 Å². The number of amides is 1. The zero-order chi connectivity index (χ0) is 19.6. The number of fused-ring (bicyclic) bond motifs is 1. The van der Waals surface area contributed by atoms with Crippen LogP contribution in [-0.2, 0) is 21.4 Å². The maximum absolute atomic E-state index is 12.6. The molecule has 1 aromatic carbocycles. The smallest absolute Gasteiger partial charge is 0.243 e. The van der Waals surface area contributed by atoms with Gasteiger partial charge in [0.25, 0.3) is 0 Å². The molecule has 1 N–H and O–H groups in total. The number of carbonyl (C=O) groups is 2. The molecule has 0 unspecified atom stereocenters. The topological polar surface area (TPSA) is 101 Å². The fraction of sp³-hybridized carbons (Fsp3) is 0.235. The van der Waals surface area contributed by atoms with Crippen LogP contribution in [0.1, 0.15) is 23.0 Å². The summed E-state index contributed by atoms with van der Waals surface area (Å²) in [7, 11) is -2.49. The summed E-state index contributed by atoms with van der Waals surface area (Å²) in [5.41, 5.74) is 1.12. The molecule has 1 amide bonds. The number of rotatable bonds is 7. The van der Waals surface area contributed by atoms with Crippen LogP contribution in [0.2, 0.25) is 0 Å². The molecule has 0 bridgehead atoms. The third kappa shape index (κ3) is 4.24. The fourth-order valence-electron chi connectivity index (χ4n) is 2.44. The van der Waals surface area contributed by atoms with Gasteiger partial charge in [-0.3, -0.25) is 14.0 Å². The Hall–Kier alpha value is -2.56. The summed E-state index contributed by atoms with van der Waals surface area (Å²) in [5.74, 6) is -0.580. The zero-order valence-corrected chi connectivity index (χ0v) is 16.4. The first-order valence-corrected chi connectivity index (χ1v) is 10.3. The lowest BCUT2D eigenvalue weighted by atomic mass is 10.2. The van der Waals surface area contributed by atoms with E-state index in [9.17, 15) is 18.0 Å². The highest BCUT2D eigenvalue weighted by Gasteiger charge is 2.23. The van der Waals surface area contributed by atoms with Gasteiger partial charge in [-0.1, -0.05) is 12.1 Å². The number of benzene rings is 1. The first-order valence-electron chi connectivity index (χ1n) is 8.02. The minimum absolute atomic E-state index is 0.0251. The molecule has 0 spiro atoms. The number of carbonyl (C=O) groups excluding carboxylic acids is 2. The Kier molecular flexibility index (Phi) is 5.40. The normalized spacial score (nSPS) is 11.8. The van der Waals surface area contributed by atoms with Gasteiger partial charge in [0.2, 0.25) is 15.9 Å². The van der Waals surface area contributed by atoms with Crippen molar-refractivity contribution < 1.29 is 18.0 Å². The van der Waals surface area contributed by atoms with E-state index in [0.717, 1.165) is 9.27 Å². The number of Topliss-reactive ketones (excluding diaryl/α,β-unsaturated/α-hetero) is 1. The quantitative estimate of drug-likeness (QED) is 0.600. The molecule has 10 heteroatoms. The molecular formula is C17H18N4O4S2. The average molecular weight is 406 g/mol. The van der Waals surface area contributed by atoms with Gasteiger partial charge in [0.15, 0.2) is 10.7 Å². The van der Waals surface area contributed by atoms with Crippen LogP contribution in [-0.4, -0.2) is 47.4 Å². The van der Waals surface area contributed by atoms with Gasteiger partial charge >= 0.3 is 0 Å². The number of aromatic nitrogens is 2. The molecular weight excluding hydrogens is 388 g/mol. The van der Waals surface area contributed by atoms with Crippen molar-refractivity contribution in [1.29, 1.82) is 0 Å². The molecule has 0 atom stereocenters. The Labute approximate surface area is 160 Å². The molecule has 0 saturated heterocycles. The van der Waals surface area contributed by atoms with Crippen molar-refractivity contribution in [1.82, 2.24) is 19.0 Å². The summed E-state index contributed by atoms with van der Waals surface area (Å²) in [6.45, 7) is 1.30. The van der Waals surface area contributed by atoms with Gasteiger partial charge in [0.1, 0.15) is 0 Å². The van der Waals surface area contributed by atoms with Crippen molar-refractivity contribution in [3.8, 4) is 0 Å². The molecule has 0 fully saturated rings. The van der Waals surface area contributed by atoms with Crippen molar-refractivity contribution in [3.63, 3.8) is 0 Å². The lowest BCUT2D eigenvalue weighted by molar-refractivity contribution is -0.121. The number of thiazole rings is 1. The molecule has 0 radical (unpaired) electrons. The maximum atomic E-state index is 12.6. The van der Waals surface area contributed by atoms with Crippen LogP contribution in [0.25, 0.3) is 4.96 Å². The number of nitrogens with one attached hydrogen (secondary N) is 1. The molecule has 2 aromatic heterocycles. The van der Waals surface area contributed by atoms with Crippen molar-refractivity contribution in [2.75, 3.05) is 13.6 Å². The van der Waals surface area contributed by atoms with Crippen LogP contribution in [0.3, 0.4) is 0 Å². The minimum atomic E-state index is -3.83. The monoisotopic (exact) mass is 406 g/mol. The van der Waals surface area contributed by atoms with E-state index < -0.39 is 15.9 Å². The number of sulfonamides is 1. The van der Waals surface area contributed by atoms with Crippen LogP contribution in [0.15, 0.2) is 46.9 Å². The van der Waals surface area contributed by atoms with Crippen molar-refractivity contribution in [2.24, 2.45) is 0 Å². The summed E-state index contributed by atoms with van der Waals surface area (Å²) in [4.78, 5) is 28.6.